The van der Waals surface area contributed by atoms with Gasteiger partial charge in [-0.15, -0.1) is 0 Å². The van der Waals surface area contributed by atoms with Crippen LogP contribution in [0, 0.1) is 6.92 Å². The number of hydrogen-bond acceptors (Lipinski definition) is 4. The Bertz CT molecular complexity index is 839. The molecule has 0 bridgehead atoms. The second kappa shape index (κ2) is 5.72. The van der Waals surface area contributed by atoms with Crippen molar-refractivity contribution in [1.29, 1.82) is 0 Å². The maximum Gasteiger partial charge on any atom is 0.258 e. The molecule has 0 aromatic carbocycles. The number of H-pyrrole nitrogens is 1. The van der Waals surface area contributed by atoms with Gasteiger partial charge in [0, 0.05) is 18.3 Å². The van der Waals surface area contributed by atoms with Crippen molar-refractivity contribution in [3.63, 3.8) is 0 Å². The van der Waals surface area contributed by atoms with Crippen molar-refractivity contribution in [1.82, 2.24) is 14.8 Å². The van der Waals surface area contributed by atoms with E-state index in [1.54, 1.807) is 16.9 Å². The summed E-state index contributed by atoms with van der Waals surface area (Å²) in [5, 5.41) is 6.92. The van der Waals surface area contributed by atoms with E-state index < -0.39 is 0 Å². The molecule has 3 heterocycles. The summed E-state index contributed by atoms with van der Waals surface area (Å²) in [6.07, 6.45) is 2.96. The zero-order chi connectivity index (χ0) is 15.5. The maximum absolute atomic E-state index is 12.1. The summed E-state index contributed by atoms with van der Waals surface area (Å²) < 4.78 is 7.13. The highest BCUT2D eigenvalue weighted by Gasteiger charge is 2.11. The zero-order valence-corrected chi connectivity index (χ0v) is 11.9. The van der Waals surface area contributed by atoms with Gasteiger partial charge in [0.1, 0.15) is 23.9 Å². The van der Waals surface area contributed by atoms with Gasteiger partial charge in [-0.25, -0.2) is 4.68 Å². The van der Waals surface area contributed by atoms with Crippen LogP contribution >= 0.6 is 0 Å². The average Bonchev–Trinajstić information content (AvgIpc) is 3.10. The number of pyridine rings is 1. The summed E-state index contributed by atoms with van der Waals surface area (Å²) in [6, 6.07) is 8.20. The minimum absolute atomic E-state index is 0.255. The van der Waals surface area contributed by atoms with Crippen LogP contribution in [0.2, 0.25) is 0 Å². The van der Waals surface area contributed by atoms with Gasteiger partial charge in [-0.05, 0) is 25.1 Å². The first-order chi connectivity index (χ1) is 10.6. The molecule has 0 saturated carbocycles. The number of aryl methyl sites for hydroxylation is 1. The number of aromatic nitrogens is 3. The number of carbonyl (C=O) groups excluding carboxylic acids is 1. The predicted octanol–water partition coefficient (Wildman–Crippen LogP) is 1.77. The monoisotopic (exact) mass is 298 g/mol. The van der Waals surface area contributed by atoms with Gasteiger partial charge in [0.15, 0.2) is 0 Å². The van der Waals surface area contributed by atoms with E-state index in [0.29, 0.717) is 17.9 Å². The van der Waals surface area contributed by atoms with Crippen molar-refractivity contribution in [2.75, 3.05) is 5.32 Å². The zero-order valence-electron chi connectivity index (χ0n) is 11.9. The van der Waals surface area contributed by atoms with Crippen molar-refractivity contribution in [3.8, 4) is 0 Å². The largest absolute Gasteiger partial charge is 0.464 e. The Hall–Kier alpha value is -3.09. The fourth-order valence-corrected chi connectivity index (χ4v) is 2.02. The Morgan fingerprint density at radius 1 is 1.32 bits per heavy atom. The number of rotatable bonds is 4. The molecule has 0 aliphatic rings. The van der Waals surface area contributed by atoms with E-state index in [1.165, 1.54) is 18.3 Å². The quantitative estimate of drug-likeness (QED) is 0.767. The number of amides is 1. The van der Waals surface area contributed by atoms with Crippen molar-refractivity contribution in [2.45, 2.75) is 13.5 Å². The third kappa shape index (κ3) is 2.98. The molecule has 0 atom stereocenters. The summed E-state index contributed by atoms with van der Waals surface area (Å²) in [4.78, 5) is 25.6. The van der Waals surface area contributed by atoms with Gasteiger partial charge in [0.2, 0.25) is 5.56 Å². The van der Waals surface area contributed by atoms with Crippen LogP contribution in [0.5, 0.6) is 0 Å². The van der Waals surface area contributed by atoms with Crippen LogP contribution in [-0.4, -0.2) is 20.7 Å². The number of hydrogen-bond donors (Lipinski definition) is 2. The van der Waals surface area contributed by atoms with Gasteiger partial charge < -0.3 is 14.7 Å². The molecule has 112 valence electrons. The summed E-state index contributed by atoms with van der Waals surface area (Å²) in [7, 11) is 0. The Labute approximate surface area is 125 Å². The van der Waals surface area contributed by atoms with Crippen LogP contribution in [-0.2, 0) is 6.54 Å². The molecule has 3 aromatic rings. The molecule has 1 amide bonds. The normalized spacial score (nSPS) is 10.6. The molecule has 0 aliphatic heterocycles. The van der Waals surface area contributed by atoms with Crippen molar-refractivity contribution in [2.24, 2.45) is 0 Å². The van der Waals surface area contributed by atoms with Gasteiger partial charge >= 0.3 is 0 Å². The Balaban J connectivity index is 1.75. The summed E-state index contributed by atoms with van der Waals surface area (Å²) in [5.74, 6) is 1.79. The molecular formula is C15H14N4O3. The molecule has 2 N–H and O–H groups in total. The van der Waals surface area contributed by atoms with E-state index in [0.717, 1.165) is 11.5 Å². The maximum atomic E-state index is 12.1. The summed E-state index contributed by atoms with van der Waals surface area (Å²) in [6.45, 7) is 2.29. The fourth-order valence-electron chi connectivity index (χ4n) is 2.02. The molecule has 0 aliphatic carbocycles. The van der Waals surface area contributed by atoms with E-state index in [2.05, 4.69) is 15.4 Å². The molecule has 7 nitrogen and oxygen atoms in total. The molecule has 0 saturated heterocycles. The first kappa shape index (κ1) is 13.9. The standard InChI is InChI=1S/C15H14N4O3/c1-10-2-4-12(22-10)9-19-13(6-7-17-19)18-15(21)11-3-5-14(20)16-8-11/h2-8H,9H2,1H3,(H,16,20)(H,18,21). The number of furan rings is 1. The van der Waals surface area contributed by atoms with Crippen molar-refractivity contribution >= 4 is 11.7 Å². The Morgan fingerprint density at radius 3 is 2.86 bits per heavy atom. The number of anilines is 1. The van der Waals surface area contributed by atoms with E-state index in [1.807, 2.05) is 19.1 Å². The van der Waals surface area contributed by atoms with E-state index in [-0.39, 0.29) is 11.5 Å². The van der Waals surface area contributed by atoms with Gasteiger partial charge in [0.05, 0.1) is 11.8 Å². The molecule has 0 spiro atoms. The highest BCUT2D eigenvalue weighted by molar-refractivity contribution is 6.03. The Morgan fingerprint density at radius 2 is 2.18 bits per heavy atom. The third-order valence-electron chi connectivity index (χ3n) is 3.11. The lowest BCUT2D eigenvalue weighted by Gasteiger charge is -2.07. The van der Waals surface area contributed by atoms with Gasteiger partial charge in [-0.2, -0.15) is 5.10 Å². The molecule has 0 radical (unpaired) electrons. The number of nitrogens with zero attached hydrogens (tertiary/aromatic N) is 2. The molecule has 3 aromatic heterocycles. The summed E-state index contributed by atoms with van der Waals surface area (Å²) in [5.41, 5.74) is 0.107. The summed E-state index contributed by atoms with van der Waals surface area (Å²) >= 11 is 0. The number of nitrogens with one attached hydrogen (secondary N) is 2. The topological polar surface area (TPSA) is 92.9 Å². The van der Waals surface area contributed by atoms with E-state index in [9.17, 15) is 9.59 Å². The molecule has 7 heteroatoms. The first-order valence-electron chi connectivity index (χ1n) is 6.69. The van der Waals surface area contributed by atoms with E-state index >= 15 is 0 Å². The Kier molecular flexibility index (Phi) is 3.61. The smallest absolute Gasteiger partial charge is 0.258 e. The van der Waals surface area contributed by atoms with Crippen LogP contribution in [0.1, 0.15) is 21.9 Å². The molecule has 0 unspecified atom stereocenters. The number of carbonyl (C=O) groups is 1. The minimum Gasteiger partial charge on any atom is -0.464 e. The van der Waals surface area contributed by atoms with Gasteiger partial charge in [-0.3, -0.25) is 9.59 Å². The highest BCUT2D eigenvalue weighted by Crippen LogP contribution is 2.13. The highest BCUT2D eigenvalue weighted by atomic mass is 16.3. The average molecular weight is 298 g/mol. The lowest BCUT2D eigenvalue weighted by molar-refractivity contribution is 0.102. The predicted molar refractivity (Wildman–Crippen MR) is 79.8 cm³/mol. The minimum atomic E-state index is -0.325. The molecule has 3 rings (SSSR count). The van der Waals surface area contributed by atoms with Crippen molar-refractivity contribution < 1.29 is 9.21 Å². The second-order valence-corrected chi connectivity index (χ2v) is 4.78. The third-order valence-corrected chi connectivity index (χ3v) is 3.11. The van der Waals surface area contributed by atoms with Gasteiger partial charge in [-0.1, -0.05) is 0 Å². The van der Waals surface area contributed by atoms with Crippen LogP contribution in [0.25, 0.3) is 0 Å². The van der Waals surface area contributed by atoms with Crippen LogP contribution in [0.3, 0.4) is 0 Å². The van der Waals surface area contributed by atoms with Crippen LogP contribution < -0.4 is 10.9 Å². The van der Waals surface area contributed by atoms with Crippen LogP contribution in [0.4, 0.5) is 5.82 Å². The SMILES string of the molecule is Cc1ccc(Cn2nccc2NC(=O)c2ccc(=O)[nH]c2)o1. The lowest BCUT2D eigenvalue weighted by atomic mass is 10.3. The second-order valence-electron chi connectivity index (χ2n) is 4.78. The number of aromatic amines is 1. The lowest BCUT2D eigenvalue weighted by Crippen LogP contribution is -2.17. The molecule has 0 fully saturated rings. The van der Waals surface area contributed by atoms with Crippen LogP contribution in [0.15, 0.2) is 51.9 Å². The van der Waals surface area contributed by atoms with E-state index in [4.69, 9.17) is 4.42 Å². The molecular weight excluding hydrogens is 284 g/mol. The molecule has 22 heavy (non-hydrogen) atoms. The first-order valence-corrected chi connectivity index (χ1v) is 6.69. The van der Waals surface area contributed by atoms with Crippen molar-refractivity contribution in [3.05, 3.63) is 70.2 Å². The fraction of sp³-hybridized carbons (Fsp3) is 0.133. The van der Waals surface area contributed by atoms with Gasteiger partial charge in [0.25, 0.3) is 5.91 Å².